The van der Waals surface area contributed by atoms with Crippen molar-refractivity contribution in [1.29, 1.82) is 0 Å². The lowest BCUT2D eigenvalue weighted by Crippen LogP contribution is -1.99. The van der Waals surface area contributed by atoms with Crippen molar-refractivity contribution in [3.05, 3.63) is 27.3 Å². The van der Waals surface area contributed by atoms with E-state index < -0.39 is 0 Å². The van der Waals surface area contributed by atoms with Crippen molar-refractivity contribution in [3.63, 3.8) is 0 Å². The van der Waals surface area contributed by atoms with E-state index in [1.165, 1.54) is 0 Å². The Morgan fingerprint density at radius 1 is 1.50 bits per heavy atom. The van der Waals surface area contributed by atoms with Gasteiger partial charge in [0.15, 0.2) is 0 Å². The van der Waals surface area contributed by atoms with Crippen LogP contribution in [-0.2, 0) is 11.4 Å². The molecule has 0 aliphatic heterocycles. The van der Waals surface area contributed by atoms with Gasteiger partial charge in [-0.15, -0.1) is 0 Å². The van der Waals surface area contributed by atoms with Crippen LogP contribution in [0.25, 0.3) is 0 Å². The van der Waals surface area contributed by atoms with Gasteiger partial charge in [-0.1, -0.05) is 6.07 Å². The van der Waals surface area contributed by atoms with Crippen LogP contribution in [0.2, 0.25) is 0 Å². The monoisotopic (exact) mass is 279 g/mol. The molecule has 2 N–H and O–H groups in total. The van der Waals surface area contributed by atoms with Gasteiger partial charge in [-0.2, -0.15) is 0 Å². The Morgan fingerprint density at radius 2 is 2.25 bits per heavy atom. The van der Waals surface area contributed by atoms with Crippen LogP contribution in [0.1, 0.15) is 5.56 Å². The molecule has 0 radical (unpaired) electrons. The first kappa shape index (κ1) is 9.76. The number of halogens is 1. The van der Waals surface area contributed by atoms with Gasteiger partial charge >= 0.3 is 0 Å². The number of rotatable bonds is 3. The number of ether oxygens (including phenoxy) is 1. The van der Waals surface area contributed by atoms with Gasteiger partial charge in [-0.25, -0.2) is 5.90 Å². The summed E-state index contributed by atoms with van der Waals surface area (Å²) >= 11 is 2.21. The maximum absolute atomic E-state index is 5.13. The molecule has 4 heteroatoms. The molecular formula is C8H10INO2. The molecule has 0 unspecified atom stereocenters. The molecule has 12 heavy (non-hydrogen) atoms. The minimum absolute atomic E-state index is 0.410. The number of methoxy groups -OCH3 is 1. The lowest BCUT2D eigenvalue weighted by molar-refractivity contribution is 0.124. The van der Waals surface area contributed by atoms with E-state index in [1.54, 1.807) is 7.11 Å². The van der Waals surface area contributed by atoms with Gasteiger partial charge in [0.05, 0.1) is 17.3 Å². The molecule has 0 aliphatic carbocycles. The zero-order valence-electron chi connectivity index (χ0n) is 6.71. The third-order valence-corrected chi connectivity index (χ3v) is 2.36. The first-order valence-corrected chi connectivity index (χ1v) is 4.50. The second kappa shape index (κ2) is 4.64. The van der Waals surface area contributed by atoms with Crippen LogP contribution in [0.15, 0.2) is 18.2 Å². The van der Waals surface area contributed by atoms with Crippen LogP contribution in [-0.4, -0.2) is 7.11 Å². The maximum atomic E-state index is 5.13. The standard InChI is InChI=1S/C8H10INO2/c1-11-8-4-6(5-12-10)2-3-7(8)9/h2-4H,5,10H2,1H3. The highest BCUT2D eigenvalue weighted by Crippen LogP contribution is 2.21. The Bertz CT molecular complexity index is 265. The zero-order chi connectivity index (χ0) is 8.97. The van der Waals surface area contributed by atoms with Gasteiger partial charge in [0.1, 0.15) is 5.75 Å². The van der Waals surface area contributed by atoms with Gasteiger partial charge in [0.2, 0.25) is 0 Å². The number of nitrogens with two attached hydrogens (primary N) is 1. The molecule has 1 aromatic carbocycles. The quantitative estimate of drug-likeness (QED) is 0.676. The summed E-state index contributed by atoms with van der Waals surface area (Å²) in [5.41, 5.74) is 1.01. The fraction of sp³-hybridized carbons (Fsp3) is 0.250. The summed E-state index contributed by atoms with van der Waals surface area (Å²) in [7, 11) is 1.64. The van der Waals surface area contributed by atoms with Crippen LogP contribution in [0.3, 0.4) is 0 Å². The molecule has 0 aromatic heterocycles. The predicted octanol–water partition coefficient (Wildman–Crippen LogP) is 1.69. The predicted molar refractivity (Wildman–Crippen MR) is 54.7 cm³/mol. The Kier molecular flexibility index (Phi) is 3.77. The van der Waals surface area contributed by atoms with Crippen LogP contribution >= 0.6 is 22.6 Å². The summed E-state index contributed by atoms with van der Waals surface area (Å²) in [6.07, 6.45) is 0. The second-order valence-electron chi connectivity index (χ2n) is 2.28. The molecule has 1 aromatic rings. The topological polar surface area (TPSA) is 44.5 Å². The van der Waals surface area contributed by atoms with E-state index in [0.717, 1.165) is 14.9 Å². The normalized spacial score (nSPS) is 9.92. The molecule has 0 amide bonds. The van der Waals surface area contributed by atoms with E-state index in [2.05, 4.69) is 27.4 Å². The molecule has 0 atom stereocenters. The van der Waals surface area contributed by atoms with Crippen molar-refractivity contribution in [2.75, 3.05) is 7.11 Å². The van der Waals surface area contributed by atoms with Crippen molar-refractivity contribution >= 4 is 22.6 Å². The fourth-order valence-electron chi connectivity index (χ4n) is 0.890. The van der Waals surface area contributed by atoms with E-state index >= 15 is 0 Å². The average Bonchev–Trinajstić information content (AvgIpc) is 2.09. The summed E-state index contributed by atoms with van der Waals surface area (Å²) in [5, 5.41) is 0. The number of hydrogen-bond donors (Lipinski definition) is 1. The maximum Gasteiger partial charge on any atom is 0.132 e. The summed E-state index contributed by atoms with van der Waals surface area (Å²) in [6.45, 7) is 0.410. The van der Waals surface area contributed by atoms with E-state index in [-0.39, 0.29) is 0 Å². The molecule has 66 valence electrons. The smallest absolute Gasteiger partial charge is 0.132 e. The molecule has 0 heterocycles. The molecule has 0 aliphatic rings. The Labute approximate surface area is 84.9 Å². The fourth-order valence-corrected chi connectivity index (χ4v) is 1.45. The van der Waals surface area contributed by atoms with Gasteiger partial charge < -0.3 is 4.74 Å². The molecule has 1 rings (SSSR count). The van der Waals surface area contributed by atoms with Crippen LogP contribution < -0.4 is 10.6 Å². The highest BCUT2D eigenvalue weighted by atomic mass is 127. The second-order valence-corrected chi connectivity index (χ2v) is 3.44. The van der Waals surface area contributed by atoms with E-state index in [9.17, 15) is 0 Å². The highest BCUT2D eigenvalue weighted by molar-refractivity contribution is 14.1. The highest BCUT2D eigenvalue weighted by Gasteiger charge is 2.00. The molecule has 0 saturated heterocycles. The summed E-state index contributed by atoms with van der Waals surface area (Å²) in [5.74, 6) is 5.80. The Hall–Kier alpha value is -0.330. The number of hydrogen-bond acceptors (Lipinski definition) is 3. The largest absolute Gasteiger partial charge is 0.496 e. The molecule has 0 fully saturated rings. The van der Waals surface area contributed by atoms with Crippen LogP contribution in [0.4, 0.5) is 0 Å². The zero-order valence-corrected chi connectivity index (χ0v) is 8.87. The van der Waals surface area contributed by atoms with Crippen LogP contribution in [0, 0.1) is 3.57 Å². The van der Waals surface area contributed by atoms with Gasteiger partial charge in [-0.3, -0.25) is 4.84 Å². The first-order valence-electron chi connectivity index (χ1n) is 3.42. The molecule has 0 bridgehead atoms. The van der Waals surface area contributed by atoms with Crippen molar-refractivity contribution in [3.8, 4) is 5.75 Å². The Balaban J connectivity index is 2.89. The van der Waals surface area contributed by atoms with Gasteiger partial charge in [-0.05, 0) is 40.3 Å². The molecular weight excluding hydrogens is 269 g/mol. The van der Waals surface area contributed by atoms with E-state index in [4.69, 9.17) is 10.6 Å². The van der Waals surface area contributed by atoms with Crippen molar-refractivity contribution in [2.24, 2.45) is 5.90 Å². The summed E-state index contributed by atoms with van der Waals surface area (Å²) in [6, 6.07) is 5.83. The minimum Gasteiger partial charge on any atom is -0.496 e. The van der Waals surface area contributed by atoms with Crippen molar-refractivity contribution in [2.45, 2.75) is 6.61 Å². The van der Waals surface area contributed by atoms with Gasteiger partial charge in [0.25, 0.3) is 0 Å². The SMILES string of the molecule is COc1cc(CON)ccc1I. The lowest BCUT2D eigenvalue weighted by Gasteiger charge is -2.05. The van der Waals surface area contributed by atoms with Crippen molar-refractivity contribution in [1.82, 2.24) is 0 Å². The third kappa shape index (κ3) is 2.33. The average molecular weight is 279 g/mol. The van der Waals surface area contributed by atoms with Crippen molar-refractivity contribution < 1.29 is 9.57 Å². The first-order chi connectivity index (χ1) is 5.77. The Morgan fingerprint density at radius 3 is 2.83 bits per heavy atom. The molecule has 3 nitrogen and oxygen atoms in total. The van der Waals surface area contributed by atoms with Crippen LogP contribution in [0.5, 0.6) is 5.75 Å². The molecule has 0 spiro atoms. The summed E-state index contributed by atoms with van der Waals surface area (Å²) in [4.78, 5) is 4.51. The van der Waals surface area contributed by atoms with E-state index in [0.29, 0.717) is 6.61 Å². The summed E-state index contributed by atoms with van der Waals surface area (Å²) < 4.78 is 6.21. The number of benzene rings is 1. The van der Waals surface area contributed by atoms with E-state index in [1.807, 2.05) is 18.2 Å². The third-order valence-electron chi connectivity index (χ3n) is 1.47. The minimum atomic E-state index is 0.410. The van der Waals surface area contributed by atoms with Gasteiger partial charge in [0, 0.05) is 0 Å². The lowest BCUT2D eigenvalue weighted by atomic mass is 10.2. The molecule has 0 saturated carbocycles.